The topological polar surface area (TPSA) is 110 Å². The van der Waals surface area contributed by atoms with Crippen molar-refractivity contribution in [3.05, 3.63) is 77.9 Å². The molecule has 4 rings (SSSR count). The fraction of sp³-hybridized carbons (Fsp3) is 0.300. The molecule has 3 N–H and O–H groups in total. The normalized spacial score (nSPS) is 13.7. The number of carbonyl (C=O) groups excluding carboxylic acids is 2. The van der Waals surface area contributed by atoms with Crippen LogP contribution in [0.2, 0.25) is 0 Å². The first kappa shape index (κ1) is 27.3. The number of carbonyl (C=O) groups is 2. The van der Waals surface area contributed by atoms with Crippen LogP contribution in [0.3, 0.4) is 0 Å². The number of urea groups is 1. The van der Waals surface area contributed by atoms with Gasteiger partial charge in [-0.2, -0.15) is 5.26 Å². The van der Waals surface area contributed by atoms with E-state index in [-0.39, 0.29) is 11.9 Å². The lowest BCUT2D eigenvalue weighted by Crippen LogP contribution is -2.47. The fourth-order valence-electron chi connectivity index (χ4n) is 4.48. The summed E-state index contributed by atoms with van der Waals surface area (Å²) in [6, 6.07) is 21.6. The standard InChI is InChI=1S/C30H34N6O3/c1-4-21(2)32-29(37)25-19-24(34-30(38)33-23-11-9-22(20-31)10-12-23)13-14-26(25)35-15-17-36(18-16-35)27-7-5-6-8-28(27)39-3/h5-14,19,21H,4,15-18H2,1-3H3,(H,32,37)(H2,33,34,38). The molecule has 0 bridgehead atoms. The molecule has 3 aromatic rings. The van der Waals surface area contributed by atoms with Gasteiger partial charge in [-0.05, 0) is 67.9 Å². The van der Waals surface area contributed by atoms with Crippen molar-refractivity contribution in [1.29, 1.82) is 5.26 Å². The summed E-state index contributed by atoms with van der Waals surface area (Å²) >= 11 is 0. The highest BCUT2D eigenvalue weighted by Gasteiger charge is 2.24. The molecule has 0 saturated carbocycles. The Hall–Kier alpha value is -4.71. The molecule has 1 saturated heterocycles. The molecule has 3 aromatic carbocycles. The number of para-hydroxylation sites is 2. The lowest BCUT2D eigenvalue weighted by atomic mass is 10.1. The average Bonchev–Trinajstić information content (AvgIpc) is 2.97. The third-order valence-corrected chi connectivity index (χ3v) is 6.81. The number of nitrogens with zero attached hydrogens (tertiary/aromatic N) is 3. The van der Waals surface area contributed by atoms with Gasteiger partial charge in [0.1, 0.15) is 5.75 Å². The van der Waals surface area contributed by atoms with Gasteiger partial charge in [-0.15, -0.1) is 0 Å². The minimum absolute atomic E-state index is 0.0176. The molecule has 1 aliphatic heterocycles. The van der Waals surface area contributed by atoms with Crippen molar-refractivity contribution in [2.24, 2.45) is 0 Å². The molecule has 1 atom stereocenters. The minimum Gasteiger partial charge on any atom is -0.495 e. The van der Waals surface area contributed by atoms with E-state index in [0.29, 0.717) is 22.5 Å². The van der Waals surface area contributed by atoms with Gasteiger partial charge < -0.3 is 30.5 Å². The molecular formula is C30H34N6O3. The largest absolute Gasteiger partial charge is 0.495 e. The van der Waals surface area contributed by atoms with Gasteiger partial charge in [0.2, 0.25) is 0 Å². The van der Waals surface area contributed by atoms with Crippen LogP contribution in [0.1, 0.15) is 36.2 Å². The Morgan fingerprint density at radius 3 is 2.18 bits per heavy atom. The van der Waals surface area contributed by atoms with Gasteiger partial charge in [-0.3, -0.25) is 4.79 Å². The highest BCUT2D eigenvalue weighted by Crippen LogP contribution is 2.31. The average molecular weight is 527 g/mol. The zero-order chi connectivity index (χ0) is 27.8. The summed E-state index contributed by atoms with van der Waals surface area (Å²) in [6.45, 7) is 7.01. The maximum Gasteiger partial charge on any atom is 0.323 e. The van der Waals surface area contributed by atoms with E-state index < -0.39 is 6.03 Å². The van der Waals surface area contributed by atoms with Crippen molar-refractivity contribution in [1.82, 2.24) is 5.32 Å². The first-order chi connectivity index (χ1) is 18.9. The quantitative estimate of drug-likeness (QED) is 0.378. The molecule has 1 unspecified atom stereocenters. The summed E-state index contributed by atoms with van der Waals surface area (Å²) in [4.78, 5) is 30.4. The van der Waals surface area contributed by atoms with Gasteiger partial charge in [-0.25, -0.2) is 4.79 Å². The van der Waals surface area contributed by atoms with Crippen LogP contribution in [-0.2, 0) is 0 Å². The van der Waals surface area contributed by atoms with E-state index in [4.69, 9.17) is 10.00 Å². The zero-order valence-corrected chi connectivity index (χ0v) is 22.5. The third-order valence-electron chi connectivity index (χ3n) is 6.81. The predicted molar refractivity (Wildman–Crippen MR) is 155 cm³/mol. The summed E-state index contributed by atoms with van der Waals surface area (Å²) in [5, 5.41) is 17.6. The van der Waals surface area contributed by atoms with E-state index in [0.717, 1.165) is 49.7 Å². The Morgan fingerprint density at radius 2 is 1.54 bits per heavy atom. The first-order valence-corrected chi connectivity index (χ1v) is 13.1. The van der Waals surface area contributed by atoms with Crippen molar-refractivity contribution in [2.45, 2.75) is 26.3 Å². The van der Waals surface area contributed by atoms with Crippen LogP contribution >= 0.6 is 0 Å². The highest BCUT2D eigenvalue weighted by atomic mass is 16.5. The Morgan fingerprint density at radius 1 is 0.923 bits per heavy atom. The molecule has 9 nitrogen and oxygen atoms in total. The number of ether oxygens (including phenoxy) is 1. The van der Waals surface area contributed by atoms with Crippen molar-refractivity contribution in [3.8, 4) is 11.8 Å². The number of benzene rings is 3. The second-order valence-corrected chi connectivity index (χ2v) is 9.43. The Kier molecular flexibility index (Phi) is 8.90. The van der Waals surface area contributed by atoms with Crippen LogP contribution in [0, 0.1) is 11.3 Å². The van der Waals surface area contributed by atoms with Gasteiger partial charge in [0.15, 0.2) is 0 Å². The van der Waals surface area contributed by atoms with E-state index in [9.17, 15) is 9.59 Å². The predicted octanol–water partition coefficient (Wildman–Crippen LogP) is 5.07. The van der Waals surface area contributed by atoms with E-state index in [1.807, 2.05) is 38.1 Å². The smallest absolute Gasteiger partial charge is 0.323 e. The van der Waals surface area contributed by atoms with Crippen molar-refractivity contribution < 1.29 is 14.3 Å². The summed E-state index contributed by atoms with van der Waals surface area (Å²) in [5.74, 6) is 0.664. The molecule has 39 heavy (non-hydrogen) atoms. The first-order valence-electron chi connectivity index (χ1n) is 13.1. The minimum atomic E-state index is -0.439. The third kappa shape index (κ3) is 6.79. The van der Waals surface area contributed by atoms with Crippen LogP contribution < -0.4 is 30.5 Å². The van der Waals surface area contributed by atoms with Gasteiger partial charge in [0.05, 0.1) is 30.0 Å². The molecule has 0 radical (unpaired) electrons. The molecular weight excluding hydrogens is 492 g/mol. The Balaban J connectivity index is 1.51. The molecule has 202 valence electrons. The molecule has 3 amide bonds. The molecule has 0 aliphatic carbocycles. The fourth-order valence-corrected chi connectivity index (χ4v) is 4.48. The number of nitriles is 1. The van der Waals surface area contributed by atoms with Gasteiger partial charge in [0.25, 0.3) is 5.91 Å². The Labute approximate surface area is 229 Å². The van der Waals surface area contributed by atoms with Gasteiger partial charge >= 0.3 is 6.03 Å². The number of rotatable bonds is 8. The summed E-state index contributed by atoms with van der Waals surface area (Å²) in [6.07, 6.45) is 0.809. The SMILES string of the molecule is CCC(C)NC(=O)c1cc(NC(=O)Nc2ccc(C#N)cc2)ccc1N1CCN(c2ccccc2OC)CC1. The monoisotopic (exact) mass is 526 g/mol. The maximum absolute atomic E-state index is 13.3. The highest BCUT2D eigenvalue weighted by molar-refractivity contribution is 6.04. The number of methoxy groups -OCH3 is 1. The van der Waals surface area contributed by atoms with Gasteiger partial charge in [0, 0.05) is 49.3 Å². The molecule has 9 heteroatoms. The van der Waals surface area contributed by atoms with Crippen molar-refractivity contribution in [2.75, 3.05) is 53.7 Å². The number of hydrogen-bond donors (Lipinski definition) is 3. The van der Waals surface area contributed by atoms with E-state index in [1.54, 1.807) is 43.5 Å². The van der Waals surface area contributed by atoms with Gasteiger partial charge in [-0.1, -0.05) is 19.1 Å². The number of anilines is 4. The zero-order valence-electron chi connectivity index (χ0n) is 22.5. The number of piperazine rings is 1. The molecule has 1 fully saturated rings. The van der Waals surface area contributed by atoms with Crippen LogP contribution in [0.4, 0.5) is 27.5 Å². The maximum atomic E-state index is 13.3. The lowest BCUT2D eigenvalue weighted by Gasteiger charge is -2.38. The van der Waals surface area contributed by atoms with E-state index in [2.05, 4.69) is 37.9 Å². The second kappa shape index (κ2) is 12.7. The number of hydrogen-bond acceptors (Lipinski definition) is 6. The van der Waals surface area contributed by atoms with Crippen molar-refractivity contribution >= 4 is 34.7 Å². The second-order valence-electron chi connectivity index (χ2n) is 9.43. The summed E-state index contributed by atoms with van der Waals surface area (Å²) in [7, 11) is 1.68. The number of nitrogens with one attached hydrogen (secondary N) is 3. The number of amides is 3. The summed E-state index contributed by atoms with van der Waals surface area (Å²) < 4.78 is 5.54. The van der Waals surface area contributed by atoms with Crippen LogP contribution in [0.25, 0.3) is 0 Å². The van der Waals surface area contributed by atoms with Crippen molar-refractivity contribution in [3.63, 3.8) is 0 Å². The molecule has 0 aromatic heterocycles. The van der Waals surface area contributed by atoms with Crippen LogP contribution in [-0.4, -0.2) is 51.3 Å². The van der Waals surface area contributed by atoms with Crippen LogP contribution in [0.5, 0.6) is 5.75 Å². The van der Waals surface area contributed by atoms with E-state index >= 15 is 0 Å². The molecule has 1 aliphatic rings. The lowest BCUT2D eigenvalue weighted by molar-refractivity contribution is 0.0939. The molecule has 1 heterocycles. The Bertz CT molecular complexity index is 1340. The summed E-state index contributed by atoms with van der Waals surface area (Å²) in [5.41, 5.74) is 3.97. The molecule has 0 spiro atoms. The van der Waals surface area contributed by atoms with E-state index in [1.165, 1.54) is 0 Å². The van der Waals surface area contributed by atoms with Crippen LogP contribution in [0.15, 0.2) is 66.7 Å².